The van der Waals surface area contributed by atoms with Gasteiger partial charge in [-0.05, 0) is 17.7 Å². The van der Waals surface area contributed by atoms with Gasteiger partial charge in [-0.2, -0.15) is 5.06 Å². The van der Waals surface area contributed by atoms with Gasteiger partial charge in [0, 0.05) is 0 Å². The van der Waals surface area contributed by atoms with Gasteiger partial charge in [0.1, 0.15) is 12.4 Å². The summed E-state index contributed by atoms with van der Waals surface area (Å²) >= 11 is 0. The van der Waals surface area contributed by atoms with E-state index in [2.05, 4.69) is 0 Å². The second-order valence-electron chi connectivity index (χ2n) is 4.70. The fourth-order valence-electron chi connectivity index (χ4n) is 2.35. The lowest BCUT2D eigenvalue weighted by atomic mass is 9.91. The van der Waals surface area contributed by atoms with E-state index < -0.39 is 11.8 Å². The third-order valence-corrected chi connectivity index (χ3v) is 3.35. The Balaban J connectivity index is 1.72. The number of hydroxylamine groups is 2. The summed E-state index contributed by atoms with van der Waals surface area (Å²) in [6.07, 6.45) is 6.86. The van der Waals surface area contributed by atoms with Gasteiger partial charge in [0.25, 0.3) is 11.8 Å². The number of imide groups is 1. The van der Waals surface area contributed by atoms with Gasteiger partial charge < -0.3 is 0 Å². The molecule has 1 aliphatic carbocycles. The molecular formula is C15H12FNO3. The van der Waals surface area contributed by atoms with Crippen molar-refractivity contribution in [3.63, 3.8) is 0 Å². The van der Waals surface area contributed by atoms with Crippen molar-refractivity contribution in [2.24, 2.45) is 11.8 Å². The van der Waals surface area contributed by atoms with Crippen molar-refractivity contribution < 1.29 is 18.8 Å². The van der Waals surface area contributed by atoms with Crippen molar-refractivity contribution in [2.45, 2.75) is 6.61 Å². The number of carbonyl (C=O) groups is 2. The molecule has 0 spiro atoms. The SMILES string of the molecule is O=C1C2C=CC=CC2C(=O)N1OCc1cccc(F)c1. The third-order valence-electron chi connectivity index (χ3n) is 3.35. The van der Waals surface area contributed by atoms with Gasteiger partial charge in [-0.15, -0.1) is 0 Å². The molecule has 1 aliphatic heterocycles. The van der Waals surface area contributed by atoms with Crippen molar-refractivity contribution in [3.05, 3.63) is 60.0 Å². The van der Waals surface area contributed by atoms with E-state index in [9.17, 15) is 14.0 Å². The molecule has 0 N–H and O–H groups in total. The summed E-state index contributed by atoms with van der Waals surface area (Å²) in [6, 6.07) is 5.84. The Morgan fingerprint density at radius 1 is 1.10 bits per heavy atom. The van der Waals surface area contributed by atoms with Gasteiger partial charge in [0.2, 0.25) is 0 Å². The number of benzene rings is 1. The number of carbonyl (C=O) groups excluding carboxylic acids is 2. The average Bonchev–Trinajstić information content (AvgIpc) is 2.70. The highest BCUT2D eigenvalue weighted by Crippen LogP contribution is 2.31. The van der Waals surface area contributed by atoms with E-state index in [0.29, 0.717) is 5.56 Å². The second kappa shape index (κ2) is 5.02. The molecule has 2 atom stereocenters. The molecule has 0 saturated carbocycles. The van der Waals surface area contributed by atoms with Crippen LogP contribution >= 0.6 is 0 Å². The van der Waals surface area contributed by atoms with E-state index >= 15 is 0 Å². The molecule has 1 aromatic carbocycles. The molecule has 4 nitrogen and oxygen atoms in total. The summed E-state index contributed by atoms with van der Waals surface area (Å²) in [5.41, 5.74) is 0.562. The van der Waals surface area contributed by atoms with Gasteiger partial charge in [-0.3, -0.25) is 14.4 Å². The standard InChI is InChI=1S/C15H12FNO3/c16-11-5-3-4-10(8-11)9-20-17-14(18)12-6-1-2-7-13(12)15(17)19/h1-8,12-13H,9H2. The van der Waals surface area contributed by atoms with E-state index in [4.69, 9.17) is 4.84 Å². The summed E-state index contributed by atoms with van der Waals surface area (Å²) < 4.78 is 13.0. The zero-order valence-corrected chi connectivity index (χ0v) is 10.5. The first-order valence-electron chi connectivity index (χ1n) is 6.27. The Kier molecular flexibility index (Phi) is 3.20. The lowest BCUT2D eigenvalue weighted by molar-refractivity contribution is -0.192. The predicted molar refractivity (Wildman–Crippen MR) is 68.3 cm³/mol. The van der Waals surface area contributed by atoms with Gasteiger partial charge in [-0.1, -0.05) is 36.4 Å². The summed E-state index contributed by atoms with van der Waals surface area (Å²) in [7, 11) is 0. The Bertz CT molecular complexity index is 593. The number of hydrogen-bond donors (Lipinski definition) is 0. The first kappa shape index (κ1) is 12.7. The van der Waals surface area contributed by atoms with E-state index in [-0.39, 0.29) is 24.2 Å². The van der Waals surface area contributed by atoms with Crippen LogP contribution in [0.15, 0.2) is 48.6 Å². The van der Waals surface area contributed by atoms with E-state index in [1.165, 1.54) is 12.1 Å². The van der Waals surface area contributed by atoms with Gasteiger partial charge >= 0.3 is 0 Å². The number of hydrogen-bond acceptors (Lipinski definition) is 3. The largest absolute Gasteiger partial charge is 0.271 e. The molecule has 20 heavy (non-hydrogen) atoms. The normalized spacial score (nSPS) is 24.4. The maximum atomic E-state index is 13.0. The lowest BCUT2D eigenvalue weighted by Gasteiger charge is -2.13. The topological polar surface area (TPSA) is 46.6 Å². The van der Waals surface area contributed by atoms with E-state index in [1.54, 1.807) is 36.4 Å². The maximum absolute atomic E-state index is 13.0. The van der Waals surface area contributed by atoms with Crippen LogP contribution in [0.25, 0.3) is 0 Å². The van der Waals surface area contributed by atoms with Gasteiger partial charge in [-0.25, -0.2) is 4.39 Å². The predicted octanol–water partition coefficient (Wildman–Crippen LogP) is 1.98. The quantitative estimate of drug-likeness (QED) is 0.791. The van der Waals surface area contributed by atoms with Crippen molar-refractivity contribution in [1.29, 1.82) is 0 Å². The zero-order chi connectivity index (χ0) is 14.1. The van der Waals surface area contributed by atoms with Crippen LogP contribution < -0.4 is 0 Å². The molecule has 0 aromatic heterocycles. The Morgan fingerprint density at radius 3 is 2.35 bits per heavy atom. The van der Waals surface area contributed by atoms with Crippen LogP contribution in [-0.2, 0) is 21.0 Å². The number of allylic oxidation sites excluding steroid dienone is 2. The monoisotopic (exact) mass is 273 g/mol. The van der Waals surface area contributed by atoms with E-state index in [1.807, 2.05) is 0 Å². The van der Waals surface area contributed by atoms with Crippen LogP contribution in [0.4, 0.5) is 4.39 Å². The number of fused-ring (bicyclic) bond motifs is 1. The summed E-state index contributed by atoms with van der Waals surface area (Å²) in [4.78, 5) is 29.4. The highest BCUT2D eigenvalue weighted by molar-refractivity contribution is 6.06. The fraction of sp³-hybridized carbons (Fsp3) is 0.200. The van der Waals surface area contributed by atoms with Crippen LogP contribution in [0.3, 0.4) is 0 Å². The van der Waals surface area contributed by atoms with Crippen molar-refractivity contribution in [3.8, 4) is 0 Å². The van der Waals surface area contributed by atoms with Crippen LogP contribution in [0.1, 0.15) is 5.56 Å². The molecule has 2 aliphatic rings. The minimum atomic E-state index is -0.486. The van der Waals surface area contributed by atoms with Crippen molar-refractivity contribution >= 4 is 11.8 Å². The molecule has 102 valence electrons. The third kappa shape index (κ3) is 2.16. The zero-order valence-electron chi connectivity index (χ0n) is 10.5. The minimum Gasteiger partial charge on any atom is -0.271 e. The minimum absolute atomic E-state index is 0.0257. The first-order valence-corrected chi connectivity index (χ1v) is 6.27. The van der Waals surface area contributed by atoms with Crippen LogP contribution in [0.2, 0.25) is 0 Å². The molecule has 0 radical (unpaired) electrons. The maximum Gasteiger partial charge on any atom is 0.261 e. The van der Waals surface area contributed by atoms with Crippen molar-refractivity contribution in [1.82, 2.24) is 5.06 Å². The molecule has 1 aromatic rings. The molecule has 1 fully saturated rings. The molecule has 1 heterocycles. The summed E-state index contributed by atoms with van der Waals surface area (Å²) in [6.45, 7) is -0.0257. The fourth-order valence-corrected chi connectivity index (χ4v) is 2.35. The molecule has 3 rings (SSSR count). The van der Waals surface area contributed by atoms with Gasteiger partial charge in [0.05, 0.1) is 11.8 Å². The molecule has 2 unspecified atom stereocenters. The highest BCUT2D eigenvalue weighted by atomic mass is 19.1. The molecule has 5 heteroatoms. The van der Waals surface area contributed by atoms with E-state index in [0.717, 1.165) is 5.06 Å². The molecule has 1 saturated heterocycles. The van der Waals surface area contributed by atoms with Crippen molar-refractivity contribution in [2.75, 3.05) is 0 Å². The van der Waals surface area contributed by atoms with Gasteiger partial charge in [0.15, 0.2) is 0 Å². The summed E-state index contributed by atoms with van der Waals surface area (Å²) in [5.74, 6) is -2.11. The first-order chi connectivity index (χ1) is 9.66. The summed E-state index contributed by atoms with van der Waals surface area (Å²) in [5, 5.41) is 0.792. The smallest absolute Gasteiger partial charge is 0.261 e. The number of nitrogens with zero attached hydrogens (tertiary/aromatic N) is 1. The van der Waals surface area contributed by atoms with Crippen LogP contribution in [-0.4, -0.2) is 16.9 Å². The molecule has 0 bridgehead atoms. The number of rotatable bonds is 3. The number of amides is 2. The molecule has 2 amide bonds. The van der Waals surface area contributed by atoms with Crippen LogP contribution in [0.5, 0.6) is 0 Å². The Hall–Kier alpha value is -2.27. The highest BCUT2D eigenvalue weighted by Gasteiger charge is 2.46. The average molecular weight is 273 g/mol. The lowest BCUT2D eigenvalue weighted by Crippen LogP contribution is -2.31. The Morgan fingerprint density at radius 2 is 1.75 bits per heavy atom. The second-order valence-corrected chi connectivity index (χ2v) is 4.70. The van der Waals surface area contributed by atoms with Crippen LogP contribution in [0, 0.1) is 17.7 Å². The molecular weight excluding hydrogens is 261 g/mol. The Labute approximate surface area is 115 Å². The number of halogens is 1.